The van der Waals surface area contributed by atoms with Crippen LogP contribution in [0.5, 0.6) is 0 Å². The third kappa shape index (κ3) is 2.29. The third-order valence-corrected chi connectivity index (χ3v) is 1.86. The van der Waals surface area contributed by atoms with Crippen molar-refractivity contribution in [1.29, 1.82) is 0 Å². The van der Waals surface area contributed by atoms with E-state index in [1.54, 1.807) is 12.1 Å². The monoisotopic (exact) mass is 179 g/mol. The van der Waals surface area contributed by atoms with Crippen molar-refractivity contribution in [2.24, 2.45) is 0 Å². The first-order valence-electron chi connectivity index (χ1n) is 4.31. The normalized spacial score (nSPS) is 9.69. The minimum Gasteiger partial charge on any atom is -0.281 e. The Kier molecular flexibility index (Phi) is 3.46. The van der Waals surface area contributed by atoms with Gasteiger partial charge in [-0.25, -0.2) is 0 Å². The Morgan fingerprint density at radius 2 is 2.15 bits per heavy atom. The van der Waals surface area contributed by atoms with Gasteiger partial charge in [0.25, 0.3) is 0 Å². The maximum atomic E-state index is 10.3. The first-order chi connectivity index (χ1) is 6.29. The molecule has 3 nitrogen and oxygen atoms in total. The van der Waals surface area contributed by atoms with Crippen molar-refractivity contribution in [3.63, 3.8) is 0 Å². The van der Waals surface area contributed by atoms with Crippen LogP contribution in [0.1, 0.15) is 18.9 Å². The lowest BCUT2D eigenvalue weighted by Crippen LogP contribution is -2.16. The predicted molar refractivity (Wildman–Crippen MR) is 50.8 cm³/mol. The van der Waals surface area contributed by atoms with E-state index in [-0.39, 0.29) is 0 Å². The topological polar surface area (TPSA) is 40.5 Å². The summed E-state index contributed by atoms with van der Waals surface area (Å²) in [4.78, 5) is 10.3. The van der Waals surface area contributed by atoms with Crippen LogP contribution < -0.4 is 5.06 Å². The van der Waals surface area contributed by atoms with E-state index in [1.165, 1.54) is 0 Å². The number of rotatable bonds is 4. The van der Waals surface area contributed by atoms with E-state index in [0.29, 0.717) is 17.2 Å². The van der Waals surface area contributed by atoms with Crippen molar-refractivity contribution in [1.82, 2.24) is 0 Å². The van der Waals surface area contributed by atoms with Gasteiger partial charge in [0.2, 0.25) is 6.41 Å². The van der Waals surface area contributed by atoms with Crippen LogP contribution in [0.25, 0.3) is 0 Å². The summed E-state index contributed by atoms with van der Waals surface area (Å²) < 4.78 is 0. The Bertz CT molecular complexity index is 286. The molecule has 3 heteroatoms. The van der Waals surface area contributed by atoms with E-state index < -0.39 is 0 Å². The molecule has 1 aromatic rings. The highest BCUT2D eigenvalue weighted by Crippen LogP contribution is 2.18. The predicted octanol–water partition coefficient (Wildman–Crippen LogP) is 1.99. The van der Waals surface area contributed by atoms with Gasteiger partial charge in [0, 0.05) is 0 Å². The minimum absolute atomic E-state index is 0.397. The Balaban J connectivity index is 2.96. The van der Waals surface area contributed by atoms with Gasteiger partial charge < -0.3 is 0 Å². The number of nitrogens with zero attached hydrogens (tertiary/aromatic N) is 1. The van der Waals surface area contributed by atoms with Crippen LogP contribution in [-0.4, -0.2) is 11.6 Å². The summed E-state index contributed by atoms with van der Waals surface area (Å²) in [5, 5.41) is 9.82. The molecule has 1 amide bonds. The number of hydrogen-bond donors (Lipinski definition) is 1. The number of benzene rings is 1. The smallest absolute Gasteiger partial charge is 0.237 e. The van der Waals surface area contributed by atoms with Crippen molar-refractivity contribution in [2.45, 2.75) is 19.8 Å². The maximum Gasteiger partial charge on any atom is 0.237 e. The van der Waals surface area contributed by atoms with Gasteiger partial charge in [-0.1, -0.05) is 31.5 Å². The van der Waals surface area contributed by atoms with Gasteiger partial charge >= 0.3 is 0 Å². The number of carbonyl (C=O) groups excluding carboxylic acids is 1. The van der Waals surface area contributed by atoms with Gasteiger partial charge in [-0.15, -0.1) is 0 Å². The lowest BCUT2D eigenvalue weighted by atomic mass is 10.1. The van der Waals surface area contributed by atoms with Crippen molar-refractivity contribution in [3.05, 3.63) is 29.8 Å². The molecule has 0 unspecified atom stereocenters. The van der Waals surface area contributed by atoms with E-state index in [1.807, 2.05) is 12.1 Å². The molecule has 0 aliphatic carbocycles. The standard InChI is InChI=1S/C10H13NO2/c1-2-5-9-6-3-4-7-10(9)11(13)8-12/h3-4,6-8,13H,2,5H2,1H3. The Labute approximate surface area is 77.6 Å². The molecule has 0 aliphatic heterocycles. The molecule has 0 atom stereocenters. The highest BCUT2D eigenvalue weighted by molar-refractivity contribution is 5.73. The zero-order valence-electron chi connectivity index (χ0n) is 7.60. The van der Waals surface area contributed by atoms with E-state index in [9.17, 15) is 10.0 Å². The molecule has 0 aromatic heterocycles. The number of para-hydroxylation sites is 1. The average molecular weight is 179 g/mol. The highest BCUT2D eigenvalue weighted by atomic mass is 16.5. The maximum absolute atomic E-state index is 10.3. The van der Waals surface area contributed by atoms with Crippen LogP contribution >= 0.6 is 0 Å². The van der Waals surface area contributed by atoms with Crippen LogP contribution in [0, 0.1) is 0 Å². The lowest BCUT2D eigenvalue weighted by molar-refractivity contribution is -0.111. The van der Waals surface area contributed by atoms with Gasteiger partial charge in [-0.3, -0.25) is 10.0 Å². The summed E-state index contributed by atoms with van der Waals surface area (Å²) in [5.41, 5.74) is 1.55. The molecule has 0 fully saturated rings. The molecule has 0 heterocycles. The minimum atomic E-state index is 0.397. The van der Waals surface area contributed by atoms with Crippen LogP contribution in [0.4, 0.5) is 5.69 Å². The Hall–Kier alpha value is -1.35. The molecule has 0 radical (unpaired) electrons. The van der Waals surface area contributed by atoms with Crippen LogP contribution in [0.2, 0.25) is 0 Å². The van der Waals surface area contributed by atoms with E-state index in [0.717, 1.165) is 18.4 Å². The van der Waals surface area contributed by atoms with Crippen molar-refractivity contribution in [2.75, 3.05) is 5.06 Å². The lowest BCUT2D eigenvalue weighted by Gasteiger charge is -2.12. The molecule has 1 aromatic carbocycles. The molecule has 0 bridgehead atoms. The molecule has 0 saturated carbocycles. The zero-order valence-corrected chi connectivity index (χ0v) is 7.60. The van der Waals surface area contributed by atoms with Crippen LogP contribution in [0.3, 0.4) is 0 Å². The Morgan fingerprint density at radius 3 is 2.77 bits per heavy atom. The molecule has 0 spiro atoms. The fraction of sp³-hybridized carbons (Fsp3) is 0.300. The number of hydrogen-bond acceptors (Lipinski definition) is 2. The number of aryl methyl sites for hydroxylation is 1. The van der Waals surface area contributed by atoms with Gasteiger partial charge in [0.05, 0.1) is 5.69 Å². The van der Waals surface area contributed by atoms with Gasteiger partial charge in [-0.05, 0) is 18.1 Å². The van der Waals surface area contributed by atoms with Crippen LogP contribution in [0.15, 0.2) is 24.3 Å². The molecular formula is C10H13NO2. The zero-order chi connectivity index (χ0) is 9.68. The summed E-state index contributed by atoms with van der Waals surface area (Å²) in [5.74, 6) is 0. The second-order valence-electron chi connectivity index (χ2n) is 2.83. The quantitative estimate of drug-likeness (QED) is 0.436. The Morgan fingerprint density at radius 1 is 1.46 bits per heavy atom. The van der Waals surface area contributed by atoms with Crippen molar-refractivity contribution >= 4 is 12.1 Å². The largest absolute Gasteiger partial charge is 0.281 e. The first-order valence-corrected chi connectivity index (χ1v) is 4.31. The molecule has 1 N–H and O–H groups in total. The van der Waals surface area contributed by atoms with Crippen molar-refractivity contribution < 1.29 is 10.0 Å². The fourth-order valence-electron chi connectivity index (χ4n) is 1.27. The first kappa shape index (κ1) is 9.74. The summed E-state index contributed by atoms with van der Waals surface area (Å²) >= 11 is 0. The summed E-state index contributed by atoms with van der Waals surface area (Å²) in [6, 6.07) is 7.32. The summed E-state index contributed by atoms with van der Waals surface area (Å²) in [7, 11) is 0. The third-order valence-electron chi connectivity index (χ3n) is 1.86. The average Bonchev–Trinajstić information content (AvgIpc) is 2.18. The van der Waals surface area contributed by atoms with Crippen molar-refractivity contribution in [3.8, 4) is 0 Å². The second-order valence-corrected chi connectivity index (χ2v) is 2.83. The molecule has 1 rings (SSSR count). The highest BCUT2D eigenvalue weighted by Gasteiger charge is 2.05. The summed E-state index contributed by atoms with van der Waals surface area (Å²) in [6.07, 6.45) is 2.25. The van der Waals surface area contributed by atoms with Crippen LogP contribution in [-0.2, 0) is 11.2 Å². The number of anilines is 1. The number of hydroxylamine groups is 1. The SMILES string of the molecule is CCCc1ccccc1N(O)C=O. The van der Waals surface area contributed by atoms with Gasteiger partial charge in [0.1, 0.15) is 0 Å². The van der Waals surface area contributed by atoms with Gasteiger partial charge in [0.15, 0.2) is 0 Å². The number of amides is 1. The van der Waals surface area contributed by atoms with E-state index in [2.05, 4.69) is 6.92 Å². The second kappa shape index (κ2) is 4.62. The molecule has 70 valence electrons. The molecule has 13 heavy (non-hydrogen) atoms. The molecule has 0 aliphatic rings. The number of carbonyl (C=O) groups is 1. The van der Waals surface area contributed by atoms with E-state index in [4.69, 9.17) is 0 Å². The summed E-state index contributed by atoms with van der Waals surface area (Å²) in [6.45, 7) is 2.05. The molecular weight excluding hydrogens is 166 g/mol. The van der Waals surface area contributed by atoms with E-state index >= 15 is 0 Å². The fourth-order valence-corrected chi connectivity index (χ4v) is 1.27. The molecule has 0 saturated heterocycles. The van der Waals surface area contributed by atoms with Gasteiger partial charge in [-0.2, -0.15) is 5.06 Å².